The zero-order chi connectivity index (χ0) is 50.6. The van der Waals surface area contributed by atoms with Crippen molar-refractivity contribution in [1.29, 1.82) is 0 Å². The Morgan fingerprint density at radius 1 is 0.464 bits per heavy atom. The third kappa shape index (κ3) is 55.1. The molecule has 10 heteroatoms. The van der Waals surface area contributed by atoms with E-state index in [-0.39, 0.29) is 25.6 Å². The van der Waals surface area contributed by atoms with Gasteiger partial charge in [0.25, 0.3) is 0 Å². The number of quaternary nitrogens is 1. The Morgan fingerprint density at radius 3 is 1.23 bits per heavy atom. The van der Waals surface area contributed by atoms with E-state index in [2.05, 4.69) is 62.5 Å². The molecule has 0 amide bonds. The highest BCUT2D eigenvalue weighted by Gasteiger charge is 2.27. The van der Waals surface area contributed by atoms with Gasteiger partial charge in [0.15, 0.2) is 6.10 Å². The highest BCUT2D eigenvalue weighted by Crippen LogP contribution is 2.43. The van der Waals surface area contributed by atoms with E-state index in [4.69, 9.17) is 18.5 Å². The van der Waals surface area contributed by atoms with Crippen LogP contribution in [0.5, 0.6) is 0 Å². The van der Waals surface area contributed by atoms with Gasteiger partial charge >= 0.3 is 19.8 Å². The zero-order valence-electron chi connectivity index (χ0n) is 45.8. The third-order valence-corrected chi connectivity index (χ3v) is 13.6. The number of unbranched alkanes of at least 4 members (excludes halogenated alkanes) is 31. The molecule has 0 aromatic carbocycles. The molecule has 0 aromatic rings. The van der Waals surface area contributed by atoms with Gasteiger partial charge in [0.2, 0.25) is 0 Å². The van der Waals surface area contributed by atoms with Gasteiger partial charge < -0.3 is 18.9 Å². The molecule has 2 atom stereocenters. The van der Waals surface area contributed by atoms with Gasteiger partial charge in [-0.25, -0.2) is 4.57 Å². The highest BCUT2D eigenvalue weighted by atomic mass is 31.2. The summed E-state index contributed by atoms with van der Waals surface area (Å²) in [6.45, 7) is 4.36. The summed E-state index contributed by atoms with van der Waals surface area (Å²) in [7, 11) is 1.48. The number of allylic oxidation sites excluding steroid dienone is 8. The van der Waals surface area contributed by atoms with E-state index >= 15 is 0 Å². The van der Waals surface area contributed by atoms with Crippen LogP contribution in [0.15, 0.2) is 48.6 Å². The monoisotopic (exact) mass is 993 g/mol. The number of ether oxygens (including phenoxy) is 2. The van der Waals surface area contributed by atoms with Crippen molar-refractivity contribution in [2.45, 2.75) is 270 Å². The minimum Gasteiger partial charge on any atom is -0.462 e. The molecule has 0 aliphatic carbocycles. The van der Waals surface area contributed by atoms with E-state index in [0.29, 0.717) is 23.9 Å². The molecule has 0 saturated heterocycles. The summed E-state index contributed by atoms with van der Waals surface area (Å²) in [4.78, 5) is 35.7. The molecule has 0 fully saturated rings. The van der Waals surface area contributed by atoms with E-state index in [1.807, 2.05) is 21.1 Å². The molecule has 0 radical (unpaired) electrons. The van der Waals surface area contributed by atoms with E-state index < -0.39 is 26.5 Å². The predicted octanol–water partition coefficient (Wildman–Crippen LogP) is 17.8. The number of carbonyl (C=O) groups excluding carboxylic acids is 2. The first-order valence-corrected chi connectivity index (χ1v) is 30.4. The predicted molar refractivity (Wildman–Crippen MR) is 293 cm³/mol. The van der Waals surface area contributed by atoms with Crippen LogP contribution in [0.3, 0.4) is 0 Å². The molecule has 0 bridgehead atoms. The topological polar surface area (TPSA) is 108 Å². The molecular formula is C59H111NO8P+. The molecule has 69 heavy (non-hydrogen) atoms. The first kappa shape index (κ1) is 67.0. The quantitative estimate of drug-likeness (QED) is 0.0211. The van der Waals surface area contributed by atoms with Gasteiger partial charge in [0, 0.05) is 12.8 Å². The van der Waals surface area contributed by atoms with E-state index in [1.54, 1.807) is 0 Å². The second kappa shape index (κ2) is 50.9. The van der Waals surface area contributed by atoms with Crippen LogP contribution < -0.4 is 0 Å². The Morgan fingerprint density at radius 2 is 0.826 bits per heavy atom. The SMILES string of the molecule is CC/C=C\C/C=C\C/C=C\C/C=C\CCCCCCCCCCCCC(=O)OC(COC(=O)CCCCCCCCCCCCCCCCCCCCCCCC)COP(=O)(O)OCC[N+](C)(C)C. The molecule has 0 aliphatic rings. The van der Waals surface area contributed by atoms with Crippen LogP contribution in [-0.2, 0) is 32.7 Å². The molecule has 0 aromatic heterocycles. The van der Waals surface area contributed by atoms with Crippen molar-refractivity contribution in [2.75, 3.05) is 47.5 Å². The van der Waals surface area contributed by atoms with Crippen LogP contribution in [0.4, 0.5) is 0 Å². The van der Waals surface area contributed by atoms with Crippen LogP contribution in [0.1, 0.15) is 264 Å². The number of nitrogens with zero attached hydrogens (tertiary/aromatic N) is 1. The van der Waals surface area contributed by atoms with Gasteiger partial charge in [-0.05, 0) is 51.4 Å². The fourth-order valence-corrected chi connectivity index (χ4v) is 8.93. The van der Waals surface area contributed by atoms with Gasteiger partial charge in [-0.3, -0.25) is 18.6 Å². The first-order valence-electron chi connectivity index (χ1n) is 28.9. The van der Waals surface area contributed by atoms with Gasteiger partial charge in [-0.1, -0.05) is 249 Å². The number of hydrogen-bond donors (Lipinski definition) is 1. The minimum atomic E-state index is -4.39. The van der Waals surface area contributed by atoms with Crippen molar-refractivity contribution in [3.8, 4) is 0 Å². The largest absolute Gasteiger partial charge is 0.472 e. The Labute approximate surface area is 426 Å². The summed E-state index contributed by atoms with van der Waals surface area (Å²) in [5, 5.41) is 0. The van der Waals surface area contributed by atoms with E-state index in [0.717, 1.165) is 70.6 Å². The number of hydrogen-bond acceptors (Lipinski definition) is 7. The fraction of sp³-hybridized carbons (Fsp3) is 0.831. The number of phosphoric ester groups is 1. The lowest BCUT2D eigenvalue weighted by atomic mass is 10.0. The van der Waals surface area contributed by atoms with Crippen LogP contribution in [0.2, 0.25) is 0 Å². The maximum absolute atomic E-state index is 12.8. The van der Waals surface area contributed by atoms with Gasteiger partial charge in [0.05, 0.1) is 27.7 Å². The molecule has 0 aliphatic heterocycles. The zero-order valence-corrected chi connectivity index (χ0v) is 46.7. The maximum atomic E-state index is 12.8. The second-order valence-corrected chi connectivity index (χ2v) is 22.1. The number of rotatable bonds is 53. The molecule has 9 nitrogen and oxygen atoms in total. The van der Waals surface area contributed by atoms with Gasteiger partial charge in [-0.2, -0.15) is 0 Å². The summed E-state index contributed by atoms with van der Waals surface area (Å²) >= 11 is 0. The molecule has 0 heterocycles. The molecule has 1 N–H and O–H groups in total. The van der Waals surface area contributed by atoms with Gasteiger partial charge in [0.1, 0.15) is 19.8 Å². The number of likely N-dealkylation sites (N-methyl/N-ethyl adjacent to an activating group) is 1. The Hall–Kier alpha value is -2.03. The van der Waals surface area contributed by atoms with Crippen molar-refractivity contribution in [2.24, 2.45) is 0 Å². The minimum absolute atomic E-state index is 0.0313. The van der Waals surface area contributed by atoms with Crippen molar-refractivity contribution in [3.05, 3.63) is 48.6 Å². The van der Waals surface area contributed by atoms with Crippen LogP contribution in [-0.4, -0.2) is 74.9 Å². The van der Waals surface area contributed by atoms with E-state index in [9.17, 15) is 19.0 Å². The summed E-state index contributed by atoms with van der Waals surface area (Å²) in [5.74, 6) is -0.791. The average Bonchev–Trinajstić information content (AvgIpc) is 3.31. The summed E-state index contributed by atoms with van der Waals surface area (Å²) in [5.41, 5.74) is 0. The number of esters is 2. The van der Waals surface area contributed by atoms with E-state index in [1.165, 1.54) is 161 Å². The van der Waals surface area contributed by atoms with Gasteiger partial charge in [-0.15, -0.1) is 0 Å². The van der Waals surface area contributed by atoms with Crippen LogP contribution >= 0.6 is 7.82 Å². The smallest absolute Gasteiger partial charge is 0.462 e. The lowest BCUT2D eigenvalue weighted by Gasteiger charge is -2.24. The van der Waals surface area contributed by atoms with Crippen LogP contribution in [0.25, 0.3) is 0 Å². The van der Waals surface area contributed by atoms with Crippen molar-refractivity contribution in [3.63, 3.8) is 0 Å². The normalized spacial score (nSPS) is 13.7. The molecule has 2 unspecified atom stereocenters. The average molecular weight is 994 g/mol. The summed E-state index contributed by atoms with van der Waals surface area (Å²) < 4.78 is 34.6. The maximum Gasteiger partial charge on any atom is 0.472 e. The summed E-state index contributed by atoms with van der Waals surface area (Å²) in [6, 6.07) is 0. The molecule has 404 valence electrons. The number of carbonyl (C=O) groups is 2. The standard InChI is InChI=1S/C59H110NO8P/c1-6-8-10-12-14-16-18-20-22-24-26-28-30-32-34-36-38-40-42-44-46-48-50-52-59(62)68-57(56-67-69(63,64)66-54-53-60(3,4)5)55-65-58(61)51-49-47-45-43-41-39-37-35-33-31-29-27-25-23-21-19-17-15-13-11-9-7-2/h8,10,14,16,20,22,26,28,57H,6-7,9,11-13,15,17-19,21,23-25,27,29-56H2,1-5H3/p+1/b10-8-,16-14-,22-20-,28-26-. The van der Waals surface area contributed by atoms with Crippen LogP contribution in [0, 0.1) is 0 Å². The summed E-state index contributed by atoms with van der Waals surface area (Å²) in [6.07, 6.45) is 63.2. The third-order valence-electron chi connectivity index (χ3n) is 12.6. The molecule has 0 saturated carbocycles. The Balaban J connectivity index is 4.16. The Kier molecular flexibility index (Phi) is 49.4. The number of phosphoric acid groups is 1. The fourth-order valence-electron chi connectivity index (χ4n) is 8.19. The molecule has 0 rings (SSSR count). The Bertz CT molecular complexity index is 1310. The molecular weight excluding hydrogens is 882 g/mol. The lowest BCUT2D eigenvalue weighted by Crippen LogP contribution is -2.37. The first-order chi connectivity index (χ1) is 33.5. The van der Waals surface area contributed by atoms with Crippen molar-refractivity contribution < 1.29 is 42.1 Å². The highest BCUT2D eigenvalue weighted by molar-refractivity contribution is 7.47. The van der Waals surface area contributed by atoms with Crippen molar-refractivity contribution in [1.82, 2.24) is 0 Å². The lowest BCUT2D eigenvalue weighted by molar-refractivity contribution is -0.870. The van der Waals surface area contributed by atoms with Crippen molar-refractivity contribution >= 4 is 19.8 Å². The second-order valence-electron chi connectivity index (χ2n) is 20.7. The molecule has 0 spiro atoms.